The van der Waals surface area contributed by atoms with Crippen LogP contribution in [0.3, 0.4) is 0 Å². The third kappa shape index (κ3) is 5.68. The Morgan fingerprint density at radius 2 is 1.68 bits per heavy atom. The molecule has 3 aromatic rings. The summed E-state index contributed by atoms with van der Waals surface area (Å²) in [6.07, 6.45) is 2.60. The van der Waals surface area contributed by atoms with Crippen LogP contribution in [-0.4, -0.2) is 42.5 Å². The van der Waals surface area contributed by atoms with Gasteiger partial charge in [-0.3, -0.25) is 4.79 Å². The van der Waals surface area contributed by atoms with Gasteiger partial charge in [-0.15, -0.1) is 0 Å². The van der Waals surface area contributed by atoms with Crippen molar-refractivity contribution in [1.29, 1.82) is 0 Å². The van der Waals surface area contributed by atoms with E-state index < -0.39 is 0 Å². The van der Waals surface area contributed by atoms with Gasteiger partial charge >= 0.3 is 0 Å². The number of hydrogen-bond acceptors (Lipinski definition) is 4. The van der Waals surface area contributed by atoms with Crippen molar-refractivity contribution in [2.24, 2.45) is 0 Å². The zero-order valence-corrected chi connectivity index (χ0v) is 17.0. The van der Waals surface area contributed by atoms with Gasteiger partial charge in [0.1, 0.15) is 5.03 Å². The number of carbonyl (C=O) groups is 1. The minimum atomic E-state index is -0.0913. The molecule has 1 N–H and O–H groups in total. The Hall–Kier alpha value is -2.63. The maximum absolute atomic E-state index is 12.9. The number of hydrogen-bond donors (Lipinski definition) is 1. The molecule has 1 aromatic heterocycles. The molecule has 0 spiro atoms. The lowest BCUT2D eigenvalue weighted by molar-refractivity contribution is 0.0938. The Morgan fingerprint density at radius 3 is 2.36 bits per heavy atom. The Labute approximate surface area is 171 Å². The van der Waals surface area contributed by atoms with Crippen LogP contribution in [0.1, 0.15) is 15.9 Å². The summed E-state index contributed by atoms with van der Waals surface area (Å²) >= 11 is 1.50. The maximum atomic E-state index is 12.9. The zero-order valence-electron chi connectivity index (χ0n) is 16.2. The van der Waals surface area contributed by atoms with Crippen LogP contribution in [0.4, 0.5) is 0 Å². The normalized spacial score (nSPS) is 12.0. The summed E-state index contributed by atoms with van der Waals surface area (Å²) in [5, 5.41) is 3.81. The molecule has 5 heteroatoms. The molecule has 0 saturated carbocycles. The summed E-state index contributed by atoms with van der Waals surface area (Å²) in [5.74, 6) is -0.0913. The van der Waals surface area contributed by atoms with Crippen LogP contribution in [0, 0.1) is 0 Å². The number of amides is 1. The predicted molar refractivity (Wildman–Crippen MR) is 115 cm³/mol. The highest BCUT2D eigenvalue weighted by molar-refractivity contribution is 7.99. The largest absolute Gasteiger partial charge is 0.350 e. The van der Waals surface area contributed by atoms with Crippen molar-refractivity contribution in [3.05, 3.63) is 90.1 Å². The fourth-order valence-electron chi connectivity index (χ4n) is 2.87. The first-order valence-electron chi connectivity index (χ1n) is 9.30. The summed E-state index contributed by atoms with van der Waals surface area (Å²) in [6, 6.07) is 24.2. The molecule has 0 aliphatic rings. The molecular formula is C23H25N3OS. The molecule has 4 nitrogen and oxygen atoms in total. The quantitative estimate of drug-likeness (QED) is 0.627. The Balaban J connectivity index is 1.67. The van der Waals surface area contributed by atoms with E-state index in [4.69, 9.17) is 0 Å². The number of nitrogens with one attached hydrogen (secondary N) is 1. The van der Waals surface area contributed by atoms with E-state index in [1.165, 1.54) is 17.3 Å². The highest BCUT2D eigenvalue weighted by Crippen LogP contribution is 2.28. The second-order valence-corrected chi connectivity index (χ2v) is 7.85. The molecule has 0 saturated heterocycles. The summed E-state index contributed by atoms with van der Waals surface area (Å²) in [4.78, 5) is 20.5. The van der Waals surface area contributed by atoms with Gasteiger partial charge in [0.05, 0.1) is 5.56 Å². The number of carbonyl (C=O) groups excluding carboxylic acids is 1. The molecule has 0 aliphatic heterocycles. The lowest BCUT2D eigenvalue weighted by atomic mass is 10.1. The minimum absolute atomic E-state index is 0.0913. The monoisotopic (exact) mass is 391 g/mol. The number of nitrogens with zero attached hydrogens (tertiary/aromatic N) is 2. The third-order valence-electron chi connectivity index (χ3n) is 4.52. The van der Waals surface area contributed by atoms with E-state index in [9.17, 15) is 4.79 Å². The van der Waals surface area contributed by atoms with E-state index in [0.717, 1.165) is 16.3 Å². The Kier molecular flexibility index (Phi) is 7.23. The highest BCUT2D eigenvalue weighted by atomic mass is 32.2. The molecular weight excluding hydrogens is 366 g/mol. The van der Waals surface area contributed by atoms with Gasteiger partial charge in [-0.2, -0.15) is 0 Å². The van der Waals surface area contributed by atoms with Crippen molar-refractivity contribution in [3.8, 4) is 0 Å². The minimum Gasteiger partial charge on any atom is -0.350 e. The van der Waals surface area contributed by atoms with Crippen molar-refractivity contribution in [3.63, 3.8) is 0 Å². The summed E-state index contributed by atoms with van der Waals surface area (Å²) < 4.78 is 0. The summed E-state index contributed by atoms with van der Waals surface area (Å²) in [6.45, 7) is 0.574. The van der Waals surface area contributed by atoms with E-state index >= 15 is 0 Å². The predicted octanol–water partition coefficient (Wildman–Crippen LogP) is 4.14. The van der Waals surface area contributed by atoms with Crippen LogP contribution < -0.4 is 5.32 Å². The number of aromatic nitrogens is 1. The second kappa shape index (κ2) is 10.1. The first-order chi connectivity index (χ1) is 13.6. The lowest BCUT2D eigenvalue weighted by Gasteiger charge is -2.25. The van der Waals surface area contributed by atoms with Crippen molar-refractivity contribution in [2.75, 3.05) is 20.6 Å². The van der Waals surface area contributed by atoms with Crippen LogP contribution in [0.15, 0.2) is 88.9 Å². The van der Waals surface area contributed by atoms with Crippen molar-refractivity contribution >= 4 is 17.7 Å². The second-order valence-electron chi connectivity index (χ2n) is 6.79. The first-order valence-corrected chi connectivity index (χ1v) is 10.1. The third-order valence-corrected chi connectivity index (χ3v) is 5.54. The van der Waals surface area contributed by atoms with E-state index in [2.05, 4.69) is 27.3 Å². The van der Waals surface area contributed by atoms with Crippen LogP contribution in [-0.2, 0) is 6.42 Å². The molecule has 2 aromatic carbocycles. The van der Waals surface area contributed by atoms with Crippen molar-refractivity contribution in [1.82, 2.24) is 15.2 Å². The smallest absolute Gasteiger partial charge is 0.254 e. The highest BCUT2D eigenvalue weighted by Gasteiger charge is 2.17. The van der Waals surface area contributed by atoms with Crippen molar-refractivity contribution in [2.45, 2.75) is 22.4 Å². The molecule has 3 rings (SSSR count). The molecule has 1 heterocycles. The van der Waals surface area contributed by atoms with Gasteiger partial charge in [-0.05, 0) is 50.3 Å². The Morgan fingerprint density at radius 1 is 1.00 bits per heavy atom. The van der Waals surface area contributed by atoms with Gasteiger partial charge in [0.15, 0.2) is 0 Å². The van der Waals surface area contributed by atoms with Gasteiger partial charge < -0.3 is 10.2 Å². The topological polar surface area (TPSA) is 45.2 Å². The van der Waals surface area contributed by atoms with Crippen molar-refractivity contribution < 1.29 is 4.79 Å². The van der Waals surface area contributed by atoms with Gasteiger partial charge in [-0.1, -0.05) is 60.3 Å². The average Bonchev–Trinajstić information content (AvgIpc) is 2.72. The number of likely N-dealkylation sites (N-methyl/N-ethyl adjacent to an activating group) is 1. The fraction of sp³-hybridized carbons (Fsp3) is 0.217. The van der Waals surface area contributed by atoms with Crippen LogP contribution >= 0.6 is 11.8 Å². The van der Waals surface area contributed by atoms with Crippen LogP contribution in [0.5, 0.6) is 0 Å². The molecule has 0 radical (unpaired) electrons. The molecule has 0 aliphatic carbocycles. The lowest BCUT2D eigenvalue weighted by Crippen LogP contribution is -2.41. The molecule has 0 fully saturated rings. The molecule has 144 valence electrons. The zero-order chi connectivity index (χ0) is 19.8. The summed E-state index contributed by atoms with van der Waals surface area (Å²) in [5.41, 5.74) is 1.87. The molecule has 28 heavy (non-hydrogen) atoms. The molecule has 1 atom stereocenters. The number of rotatable bonds is 8. The number of pyridine rings is 1. The SMILES string of the molecule is CN(C)[C@H](CNC(=O)c1cccnc1Sc1ccccc1)Cc1ccccc1. The van der Waals surface area contributed by atoms with Gasteiger partial charge in [0, 0.05) is 23.7 Å². The maximum Gasteiger partial charge on any atom is 0.254 e. The standard InChI is InChI=1S/C23H25N3OS/c1-26(2)19(16-18-10-5-3-6-11-18)17-25-22(27)21-14-9-15-24-23(21)28-20-12-7-4-8-13-20/h3-15,19H,16-17H2,1-2H3,(H,25,27)/t19-/m0/s1. The van der Waals surface area contributed by atoms with E-state index in [0.29, 0.717) is 12.1 Å². The van der Waals surface area contributed by atoms with E-state index in [1.807, 2.05) is 68.7 Å². The fourth-order valence-corrected chi connectivity index (χ4v) is 3.78. The number of benzene rings is 2. The average molecular weight is 392 g/mol. The first kappa shape index (κ1) is 20.1. The Bertz CT molecular complexity index is 885. The van der Waals surface area contributed by atoms with Gasteiger partial charge in [0.2, 0.25) is 0 Å². The molecule has 0 unspecified atom stereocenters. The van der Waals surface area contributed by atoms with Crippen LogP contribution in [0.2, 0.25) is 0 Å². The van der Waals surface area contributed by atoms with E-state index in [1.54, 1.807) is 12.3 Å². The van der Waals surface area contributed by atoms with E-state index in [-0.39, 0.29) is 11.9 Å². The van der Waals surface area contributed by atoms with Gasteiger partial charge in [-0.25, -0.2) is 4.98 Å². The van der Waals surface area contributed by atoms with Crippen LogP contribution in [0.25, 0.3) is 0 Å². The molecule has 0 bridgehead atoms. The molecule has 1 amide bonds. The summed E-state index contributed by atoms with van der Waals surface area (Å²) in [7, 11) is 4.08. The van der Waals surface area contributed by atoms with Gasteiger partial charge in [0.25, 0.3) is 5.91 Å².